The highest BCUT2D eigenvalue weighted by molar-refractivity contribution is 7.92. The number of nitrogens with zero attached hydrogens (tertiary/aromatic N) is 1. The lowest BCUT2D eigenvalue weighted by molar-refractivity contribution is -0.120. The fourth-order valence-electron chi connectivity index (χ4n) is 1.70. The largest absolute Gasteiger partial charge is 0.350 e. The predicted octanol–water partition coefficient (Wildman–Crippen LogP) is 1.84. The summed E-state index contributed by atoms with van der Waals surface area (Å²) in [5.74, 6) is -0.473. The number of sulfone groups is 1. The van der Waals surface area contributed by atoms with Crippen LogP contribution in [0.15, 0.2) is 0 Å². The third-order valence-corrected chi connectivity index (χ3v) is 6.45. The average Bonchev–Trinajstić information content (AvgIpc) is 2.75. The Hall–Kier alpha value is -0.950. The summed E-state index contributed by atoms with van der Waals surface area (Å²) in [5, 5.41) is 2.74. The zero-order chi connectivity index (χ0) is 15.3. The first-order chi connectivity index (χ1) is 9.31. The van der Waals surface area contributed by atoms with Crippen LogP contribution >= 0.6 is 11.3 Å². The van der Waals surface area contributed by atoms with Crippen molar-refractivity contribution in [2.75, 3.05) is 5.75 Å². The fraction of sp³-hybridized carbons (Fsp3) is 0.692. The second-order valence-electron chi connectivity index (χ2n) is 4.68. The minimum Gasteiger partial charge on any atom is -0.350 e. The van der Waals surface area contributed by atoms with Crippen molar-refractivity contribution in [3.63, 3.8) is 0 Å². The van der Waals surface area contributed by atoms with E-state index in [-0.39, 0.29) is 5.75 Å². The Labute approximate surface area is 124 Å². The molecule has 1 amide bonds. The van der Waals surface area contributed by atoms with Gasteiger partial charge in [-0.25, -0.2) is 13.4 Å². The van der Waals surface area contributed by atoms with Crippen LogP contribution < -0.4 is 5.32 Å². The van der Waals surface area contributed by atoms with Crippen molar-refractivity contribution >= 4 is 27.1 Å². The molecule has 114 valence electrons. The Bertz CT molecular complexity index is 564. The van der Waals surface area contributed by atoms with Gasteiger partial charge in [0.1, 0.15) is 5.25 Å². The van der Waals surface area contributed by atoms with Crippen LogP contribution in [0, 0.1) is 6.92 Å². The van der Waals surface area contributed by atoms with Gasteiger partial charge in [0.2, 0.25) is 5.91 Å². The second-order valence-corrected chi connectivity index (χ2v) is 8.46. The summed E-state index contributed by atoms with van der Waals surface area (Å²) >= 11 is 1.58. The van der Waals surface area contributed by atoms with Crippen LogP contribution in [-0.2, 0) is 27.6 Å². The van der Waals surface area contributed by atoms with Gasteiger partial charge in [0.25, 0.3) is 0 Å². The molecule has 20 heavy (non-hydrogen) atoms. The average molecular weight is 318 g/mol. The smallest absolute Gasteiger partial charge is 0.238 e. The number of thiazole rings is 1. The van der Waals surface area contributed by atoms with E-state index in [4.69, 9.17) is 0 Å². The van der Waals surface area contributed by atoms with Gasteiger partial charge >= 0.3 is 0 Å². The standard InChI is InChI=1S/C13H22N2O3S2/c1-5-7-12-15-9(3)11(19-12)8-14-13(16)10(4)20(17,18)6-2/h10H,5-8H2,1-4H3,(H,14,16). The van der Waals surface area contributed by atoms with E-state index in [0.29, 0.717) is 6.54 Å². The highest BCUT2D eigenvalue weighted by Crippen LogP contribution is 2.19. The molecule has 0 aliphatic rings. The molecule has 1 heterocycles. The predicted molar refractivity (Wildman–Crippen MR) is 81.6 cm³/mol. The number of hydrogen-bond acceptors (Lipinski definition) is 5. The van der Waals surface area contributed by atoms with Crippen LogP contribution in [0.25, 0.3) is 0 Å². The molecule has 0 spiro atoms. The number of carbonyl (C=O) groups is 1. The number of rotatable bonds is 7. The summed E-state index contributed by atoms with van der Waals surface area (Å²) in [5.41, 5.74) is 0.907. The summed E-state index contributed by atoms with van der Waals surface area (Å²) in [4.78, 5) is 17.3. The lowest BCUT2D eigenvalue weighted by Gasteiger charge is -2.11. The SMILES string of the molecule is CCCc1nc(C)c(CNC(=O)C(C)S(=O)(=O)CC)s1. The molecule has 0 aromatic carbocycles. The summed E-state index contributed by atoms with van der Waals surface area (Å²) in [6.45, 7) is 7.31. The summed E-state index contributed by atoms with van der Waals surface area (Å²) < 4.78 is 23.3. The molecule has 1 atom stereocenters. The number of nitrogens with one attached hydrogen (secondary N) is 1. The quantitative estimate of drug-likeness (QED) is 0.832. The van der Waals surface area contributed by atoms with Crippen LogP contribution in [0.4, 0.5) is 0 Å². The van der Waals surface area contributed by atoms with Crippen molar-refractivity contribution in [3.05, 3.63) is 15.6 Å². The van der Waals surface area contributed by atoms with Crippen LogP contribution in [0.1, 0.15) is 42.8 Å². The lowest BCUT2D eigenvalue weighted by atomic mass is 10.3. The molecule has 1 aromatic heterocycles. The van der Waals surface area contributed by atoms with Crippen LogP contribution in [-0.4, -0.2) is 30.3 Å². The topological polar surface area (TPSA) is 76.1 Å². The van der Waals surface area contributed by atoms with Crippen molar-refractivity contribution in [1.82, 2.24) is 10.3 Å². The van der Waals surface area contributed by atoms with Gasteiger partial charge in [0, 0.05) is 10.6 Å². The Morgan fingerprint density at radius 2 is 2.05 bits per heavy atom. The molecule has 0 radical (unpaired) electrons. The molecule has 7 heteroatoms. The number of carbonyl (C=O) groups excluding carboxylic acids is 1. The molecule has 0 bridgehead atoms. The maximum absolute atomic E-state index is 11.9. The second kappa shape index (κ2) is 7.17. The molecule has 1 unspecified atom stereocenters. The van der Waals surface area contributed by atoms with E-state index in [0.717, 1.165) is 28.4 Å². The molecule has 0 saturated heterocycles. The van der Waals surface area contributed by atoms with Gasteiger partial charge in [0.15, 0.2) is 9.84 Å². The molecule has 1 rings (SSSR count). The number of hydrogen-bond donors (Lipinski definition) is 1. The van der Waals surface area contributed by atoms with Crippen LogP contribution in [0.5, 0.6) is 0 Å². The van der Waals surface area contributed by atoms with Gasteiger partial charge in [0.05, 0.1) is 17.2 Å². The minimum atomic E-state index is -3.34. The molecular weight excluding hydrogens is 296 g/mol. The Kier molecular flexibility index (Phi) is 6.13. The van der Waals surface area contributed by atoms with Gasteiger partial charge in [-0.15, -0.1) is 11.3 Å². The van der Waals surface area contributed by atoms with E-state index in [2.05, 4.69) is 17.2 Å². The molecule has 0 saturated carbocycles. The summed E-state index contributed by atoms with van der Waals surface area (Å²) in [6, 6.07) is 0. The molecular formula is C13H22N2O3S2. The first kappa shape index (κ1) is 17.1. The van der Waals surface area contributed by atoms with Gasteiger partial charge in [-0.1, -0.05) is 13.8 Å². The Balaban J connectivity index is 2.65. The van der Waals surface area contributed by atoms with Crippen molar-refractivity contribution in [2.24, 2.45) is 0 Å². The Morgan fingerprint density at radius 1 is 1.40 bits per heavy atom. The fourth-order valence-corrected chi connectivity index (χ4v) is 3.72. The third-order valence-electron chi connectivity index (χ3n) is 3.13. The lowest BCUT2D eigenvalue weighted by Crippen LogP contribution is -2.38. The highest BCUT2D eigenvalue weighted by atomic mass is 32.2. The van der Waals surface area contributed by atoms with E-state index >= 15 is 0 Å². The Morgan fingerprint density at radius 3 is 2.60 bits per heavy atom. The van der Waals surface area contributed by atoms with Crippen molar-refractivity contribution < 1.29 is 13.2 Å². The van der Waals surface area contributed by atoms with Gasteiger partial charge in [-0.3, -0.25) is 4.79 Å². The molecule has 5 nitrogen and oxygen atoms in total. The van der Waals surface area contributed by atoms with Gasteiger partial charge in [-0.05, 0) is 26.7 Å². The summed E-state index contributed by atoms with van der Waals surface area (Å²) in [6.07, 6.45) is 1.96. The number of aromatic nitrogens is 1. The van der Waals surface area contributed by atoms with E-state index in [1.54, 1.807) is 18.3 Å². The third kappa shape index (κ3) is 4.28. The van der Waals surface area contributed by atoms with Crippen molar-refractivity contribution in [2.45, 2.75) is 52.3 Å². The van der Waals surface area contributed by atoms with Crippen molar-refractivity contribution in [1.29, 1.82) is 0 Å². The van der Waals surface area contributed by atoms with E-state index in [1.807, 2.05) is 6.92 Å². The van der Waals surface area contributed by atoms with E-state index in [1.165, 1.54) is 6.92 Å². The zero-order valence-electron chi connectivity index (χ0n) is 12.4. The maximum atomic E-state index is 11.9. The molecule has 0 aliphatic heterocycles. The summed E-state index contributed by atoms with van der Waals surface area (Å²) in [7, 11) is -3.34. The zero-order valence-corrected chi connectivity index (χ0v) is 14.0. The molecule has 0 aliphatic carbocycles. The van der Waals surface area contributed by atoms with Crippen LogP contribution in [0.2, 0.25) is 0 Å². The van der Waals surface area contributed by atoms with E-state index in [9.17, 15) is 13.2 Å². The van der Waals surface area contributed by atoms with Crippen LogP contribution in [0.3, 0.4) is 0 Å². The monoisotopic (exact) mass is 318 g/mol. The van der Waals surface area contributed by atoms with Gasteiger partial charge < -0.3 is 5.32 Å². The van der Waals surface area contributed by atoms with Gasteiger partial charge in [-0.2, -0.15) is 0 Å². The minimum absolute atomic E-state index is 0.0260. The molecule has 1 N–H and O–H groups in total. The number of aryl methyl sites for hydroxylation is 2. The first-order valence-corrected chi connectivity index (χ1v) is 9.29. The first-order valence-electron chi connectivity index (χ1n) is 6.76. The highest BCUT2D eigenvalue weighted by Gasteiger charge is 2.26. The molecule has 1 aromatic rings. The maximum Gasteiger partial charge on any atom is 0.238 e. The number of amides is 1. The normalized spacial score (nSPS) is 13.2. The van der Waals surface area contributed by atoms with E-state index < -0.39 is 21.0 Å². The molecule has 0 fully saturated rings. The van der Waals surface area contributed by atoms with Crippen molar-refractivity contribution in [3.8, 4) is 0 Å².